The highest BCUT2D eigenvalue weighted by Gasteiger charge is 2.11. The fourth-order valence-electron chi connectivity index (χ4n) is 0.916. The minimum absolute atomic E-state index is 0.164. The Balaban J connectivity index is 3.55. The second-order valence-electron chi connectivity index (χ2n) is 2.37. The van der Waals surface area contributed by atoms with Gasteiger partial charge in [-0.15, -0.1) is 4.91 Å². The molecule has 0 unspecified atom stereocenters. The zero-order valence-electron chi connectivity index (χ0n) is 7.24. The van der Waals surface area contributed by atoms with Gasteiger partial charge in [0.1, 0.15) is 0 Å². The van der Waals surface area contributed by atoms with Gasteiger partial charge in [0, 0.05) is 14.1 Å². The van der Waals surface area contributed by atoms with Crippen molar-refractivity contribution in [3.8, 4) is 0 Å². The first kappa shape index (κ1) is 9.17. The van der Waals surface area contributed by atoms with Crippen molar-refractivity contribution in [2.45, 2.75) is 0 Å². The van der Waals surface area contributed by atoms with E-state index in [1.54, 1.807) is 7.05 Å². The average molecular weight is 183 g/mol. The number of hydrogen-bond donors (Lipinski definition) is 2. The molecule has 7 heteroatoms. The van der Waals surface area contributed by atoms with E-state index in [2.05, 4.69) is 15.5 Å². The van der Waals surface area contributed by atoms with Crippen LogP contribution in [0.2, 0.25) is 0 Å². The normalized spacial score (nSPS) is 9.69. The van der Waals surface area contributed by atoms with Crippen LogP contribution in [0.15, 0.2) is 9.97 Å². The summed E-state index contributed by atoms with van der Waals surface area (Å²) in [6, 6.07) is 0. The molecule has 13 heavy (non-hydrogen) atoms. The predicted octanol–water partition coefficient (Wildman–Crippen LogP) is -0.198. The van der Waals surface area contributed by atoms with Crippen LogP contribution in [0.1, 0.15) is 0 Å². The third-order valence-corrected chi connectivity index (χ3v) is 1.61. The Bertz CT molecular complexity index is 397. The molecule has 0 aliphatic rings. The quantitative estimate of drug-likeness (QED) is 0.618. The number of nitrogens with two attached hydrogens (primary N) is 1. The molecule has 0 aliphatic carbocycles. The molecule has 0 spiro atoms. The molecule has 1 heterocycles. The Morgan fingerprint density at radius 3 is 2.69 bits per heavy atom. The molecule has 0 radical (unpaired) electrons. The van der Waals surface area contributed by atoms with Crippen molar-refractivity contribution < 1.29 is 0 Å². The molecule has 7 nitrogen and oxygen atoms in total. The van der Waals surface area contributed by atoms with Gasteiger partial charge in [-0.2, -0.15) is 4.98 Å². The van der Waals surface area contributed by atoms with E-state index in [-0.39, 0.29) is 17.5 Å². The standard InChI is InChI=1S/C6H9N5O2/c1-8-6-9-4(7)3(10-13)5(12)11(6)2/h7H2,1-2H3,(H,8,9). The van der Waals surface area contributed by atoms with Gasteiger partial charge in [0.25, 0.3) is 5.56 Å². The number of aromatic nitrogens is 2. The summed E-state index contributed by atoms with van der Waals surface area (Å²) in [7, 11) is 3.06. The summed E-state index contributed by atoms with van der Waals surface area (Å²) in [5.41, 5.74) is 4.40. The maximum atomic E-state index is 11.3. The number of hydrogen-bond acceptors (Lipinski definition) is 6. The zero-order chi connectivity index (χ0) is 10.0. The molecule has 1 aromatic heterocycles. The summed E-state index contributed by atoms with van der Waals surface area (Å²) < 4.78 is 1.16. The maximum absolute atomic E-state index is 11.3. The van der Waals surface area contributed by atoms with Crippen molar-refractivity contribution >= 4 is 17.5 Å². The van der Waals surface area contributed by atoms with Gasteiger partial charge >= 0.3 is 0 Å². The number of nitrogens with one attached hydrogen (secondary N) is 1. The highest BCUT2D eigenvalue weighted by atomic mass is 16.3. The van der Waals surface area contributed by atoms with E-state index in [4.69, 9.17) is 5.73 Å². The Kier molecular flexibility index (Phi) is 2.27. The van der Waals surface area contributed by atoms with E-state index in [1.807, 2.05) is 0 Å². The SMILES string of the molecule is CNc1nc(N)c(N=O)c(=O)n1C. The second kappa shape index (κ2) is 3.21. The monoisotopic (exact) mass is 183 g/mol. The average Bonchev–Trinajstić information content (AvgIpc) is 2.12. The lowest BCUT2D eigenvalue weighted by atomic mass is 10.5. The first-order valence-electron chi connectivity index (χ1n) is 3.49. The maximum Gasteiger partial charge on any atom is 0.286 e. The number of nitrogen functional groups attached to an aromatic ring is 1. The Morgan fingerprint density at radius 1 is 1.62 bits per heavy atom. The van der Waals surface area contributed by atoms with Gasteiger partial charge in [0.15, 0.2) is 5.82 Å². The molecule has 0 bridgehead atoms. The van der Waals surface area contributed by atoms with Gasteiger partial charge in [-0.1, -0.05) is 0 Å². The Morgan fingerprint density at radius 2 is 2.23 bits per heavy atom. The summed E-state index contributed by atoms with van der Waals surface area (Å²) in [5.74, 6) is 0.123. The first-order valence-corrected chi connectivity index (χ1v) is 3.49. The van der Waals surface area contributed by atoms with E-state index >= 15 is 0 Å². The third-order valence-electron chi connectivity index (χ3n) is 1.61. The van der Waals surface area contributed by atoms with Crippen LogP contribution in [-0.4, -0.2) is 16.6 Å². The lowest BCUT2D eigenvalue weighted by Crippen LogP contribution is -2.22. The van der Waals surface area contributed by atoms with Gasteiger partial charge in [0.2, 0.25) is 11.6 Å². The molecule has 1 aromatic rings. The summed E-state index contributed by atoms with van der Waals surface area (Å²) in [6.45, 7) is 0. The van der Waals surface area contributed by atoms with Gasteiger partial charge < -0.3 is 11.1 Å². The molecule has 0 aromatic carbocycles. The number of anilines is 2. The zero-order valence-corrected chi connectivity index (χ0v) is 7.24. The molecule has 0 saturated heterocycles. The number of rotatable bonds is 2. The van der Waals surface area contributed by atoms with E-state index in [9.17, 15) is 9.70 Å². The van der Waals surface area contributed by atoms with Crippen LogP contribution >= 0.6 is 0 Å². The highest BCUT2D eigenvalue weighted by molar-refractivity contribution is 5.57. The molecule has 0 aliphatic heterocycles. The van der Waals surface area contributed by atoms with Gasteiger partial charge in [-0.05, 0) is 5.18 Å². The van der Waals surface area contributed by atoms with Gasteiger partial charge in [0.05, 0.1) is 0 Å². The molecule has 1 rings (SSSR count). The van der Waals surface area contributed by atoms with Crippen molar-refractivity contribution in [2.24, 2.45) is 12.2 Å². The van der Waals surface area contributed by atoms with Crippen LogP contribution in [-0.2, 0) is 7.05 Å². The van der Waals surface area contributed by atoms with Gasteiger partial charge in [-0.25, -0.2) is 0 Å². The van der Waals surface area contributed by atoms with Crippen LogP contribution in [0.3, 0.4) is 0 Å². The van der Waals surface area contributed by atoms with Crippen molar-refractivity contribution in [3.63, 3.8) is 0 Å². The second-order valence-corrected chi connectivity index (χ2v) is 2.37. The minimum atomic E-state index is -0.563. The smallest absolute Gasteiger partial charge is 0.286 e. The highest BCUT2D eigenvalue weighted by Crippen LogP contribution is 2.14. The van der Waals surface area contributed by atoms with E-state index < -0.39 is 5.56 Å². The largest absolute Gasteiger partial charge is 0.382 e. The van der Waals surface area contributed by atoms with Crippen molar-refractivity contribution in [2.75, 3.05) is 18.1 Å². The number of nitroso groups, excluding NO2 is 1. The number of nitrogens with zero attached hydrogens (tertiary/aromatic N) is 3. The van der Waals surface area contributed by atoms with Crippen molar-refractivity contribution in [1.82, 2.24) is 9.55 Å². The molecule has 0 fully saturated rings. The fourth-order valence-corrected chi connectivity index (χ4v) is 0.916. The topological polar surface area (TPSA) is 102 Å². The van der Waals surface area contributed by atoms with E-state index in [1.165, 1.54) is 7.05 Å². The molecule has 70 valence electrons. The summed E-state index contributed by atoms with van der Waals surface area (Å²) in [6.07, 6.45) is 0. The van der Waals surface area contributed by atoms with Gasteiger partial charge in [-0.3, -0.25) is 9.36 Å². The van der Waals surface area contributed by atoms with E-state index in [0.717, 1.165) is 4.57 Å². The van der Waals surface area contributed by atoms with Crippen LogP contribution < -0.4 is 16.6 Å². The third kappa shape index (κ3) is 1.35. The molecule has 3 N–H and O–H groups in total. The predicted molar refractivity (Wildman–Crippen MR) is 48.9 cm³/mol. The van der Waals surface area contributed by atoms with Crippen LogP contribution in [0.25, 0.3) is 0 Å². The van der Waals surface area contributed by atoms with Crippen molar-refractivity contribution in [3.05, 3.63) is 15.3 Å². The molecule has 0 saturated carbocycles. The first-order chi connectivity index (χ1) is 6.11. The molecular formula is C6H9N5O2. The summed E-state index contributed by atoms with van der Waals surface area (Å²) >= 11 is 0. The summed E-state index contributed by atoms with van der Waals surface area (Å²) in [4.78, 5) is 25.3. The lowest BCUT2D eigenvalue weighted by Gasteiger charge is -2.06. The minimum Gasteiger partial charge on any atom is -0.382 e. The van der Waals surface area contributed by atoms with E-state index in [0.29, 0.717) is 0 Å². The van der Waals surface area contributed by atoms with Crippen LogP contribution in [0, 0.1) is 4.91 Å². The Hall–Kier alpha value is -1.92. The fraction of sp³-hybridized carbons (Fsp3) is 0.333. The summed E-state index contributed by atoms with van der Waals surface area (Å²) in [5, 5.41) is 5.16. The van der Waals surface area contributed by atoms with Crippen molar-refractivity contribution in [1.29, 1.82) is 0 Å². The molecular weight excluding hydrogens is 174 g/mol. The molecule has 0 amide bonds. The lowest BCUT2D eigenvalue weighted by molar-refractivity contribution is 0.837. The van der Waals surface area contributed by atoms with Crippen LogP contribution in [0.5, 0.6) is 0 Å². The Labute approximate surface area is 73.6 Å². The van der Waals surface area contributed by atoms with Crippen LogP contribution in [0.4, 0.5) is 17.5 Å². The molecule has 0 atom stereocenters.